The zero-order chi connectivity index (χ0) is 13.0. The quantitative estimate of drug-likeness (QED) is 0.754. The standard InChI is InChI=1S/C14H26N2O2.ClH/c1-2-13(18-11-5-3-4-6-11)14(17)16-12(9-15)10-7-8-10;/h10-13H,2-9,15H2,1H3,(H,16,17);1H. The molecule has 0 aromatic heterocycles. The van der Waals surface area contributed by atoms with E-state index in [-0.39, 0.29) is 36.6 Å². The van der Waals surface area contributed by atoms with Crippen molar-refractivity contribution in [1.82, 2.24) is 5.32 Å². The first-order valence-electron chi connectivity index (χ1n) is 7.40. The molecular formula is C14H27ClN2O2. The molecule has 2 saturated carbocycles. The number of nitrogens with two attached hydrogens (primary N) is 1. The summed E-state index contributed by atoms with van der Waals surface area (Å²) in [5.41, 5.74) is 5.71. The van der Waals surface area contributed by atoms with E-state index in [0.717, 1.165) is 19.3 Å². The van der Waals surface area contributed by atoms with Crippen molar-refractivity contribution >= 4 is 18.3 Å². The largest absolute Gasteiger partial charge is 0.365 e. The second kappa shape index (κ2) is 8.08. The van der Waals surface area contributed by atoms with Gasteiger partial charge in [0.25, 0.3) is 0 Å². The van der Waals surface area contributed by atoms with Gasteiger partial charge in [0.2, 0.25) is 5.91 Å². The van der Waals surface area contributed by atoms with Crippen LogP contribution in [0.1, 0.15) is 51.9 Å². The summed E-state index contributed by atoms with van der Waals surface area (Å²) in [7, 11) is 0. The van der Waals surface area contributed by atoms with E-state index in [1.165, 1.54) is 25.7 Å². The highest BCUT2D eigenvalue weighted by molar-refractivity contribution is 5.85. The number of carbonyl (C=O) groups is 1. The Morgan fingerprint density at radius 3 is 2.42 bits per heavy atom. The summed E-state index contributed by atoms with van der Waals surface area (Å²) >= 11 is 0. The molecule has 1 amide bonds. The van der Waals surface area contributed by atoms with Crippen LogP contribution in [-0.2, 0) is 9.53 Å². The first kappa shape index (κ1) is 16.7. The van der Waals surface area contributed by atoms with Gasteiger partial charge in [0.1, 0.15) is 6.10 Å². The zero-order valence-electron chi connectivity index (χ0n) is 11.8. The predicted octanol–water partition coefficient (Wildman–Crippen LogP) is 2.00. The number of amides is 1. The molecule has 0 aliphatic heterocycles. The van der Waals surface area contributed by atoms with Crippen LogP contribution in [0.4, 0.5) is 0 Å². The van der Waals surface area contributed by atoms with Gasteiger partial charge in [-0.05, 0) is 38.0 Å². The number of ether oxygens (including phenoxy) is 1. The molecule has 0 aromatic rings. The highest BCUT2D eigenvalue weighted by Crippen LogP contribution is 2.32. The van der Waals surface area contributed by atoms with Gasteiger partial charge in [-0.3, -0.25) is 4.79 Å². The van der Waals surface area contributed by atoms with Crippen LogP contribution >= 0.6 is 12.4 Å². The molecule has 2 aliphatic carbocycles. The van der Waals surface area contributed by atoms with Crippen molar-refractivity contribution in [2.75, 3.05) is 6.54 Å². The van der Waals surface area contributed by atoms with Crippen molar-refractivity contribution in [3.63, 3.8) is 0 Å². The van der Waals surface area contributed by atoms with E-state index in [1.807, 2.05) is 6.92 Å². The van der Waals surface area contributed by atoms with Crippen LogP contribution in [0.3, 0.4) is 0 Å². The molecule has 4 nitrogen and oxygen atoms in total. The van der Waals surface area contributed by atoms with Gasteiger partial charge in [-0.25, -0.2) is 0 Å². The molecule has 0 radical (unpaired) electrons. The molecule has 0 spiro atoms. The average Bonchev–Trinajstić information content (AvgIpc) is 3.09. The first-order chi connectivity index (χ1) is 8.74. The second-order valence-corrected chi connectivity index (χ2v) is 5.63. The maximum Gasteiger partial charge on any atom is 0.249 e. The number of carbonyl (C=O) groups excluding carboxylic acids is 1. The van der Waals surface area contributed by atoms with Crippen molar-refractivity contribution in [2.24, 2.45) is 11.7 Å². The third kappa shape index (κ3) is 4.93. The summed E-state index contributed by atoms with van der Waals surface area (Å²) in [6, 6.07) is 0.152. The van der Waals surface area contributed by atoms with E-state index in [1.54, 1.807) is 0 Å². The van der Waals surface area contributed by atoms with Crippen LogP contribution in [-0.4, -0.2) is 30.7 Å². The van der Waals surface area contributed by atoms with Crippen LogP contribution in [0.5, 0.6) is 0 Å². The Bertz CT molecular complexity index is 279. The smallest absolute Gasteiger partial charge is 0.249 e. The maximum atomic E-state index is 12.2. The van der Waals surface area contributed by atoms with Gasteiger partial charge in [-0.15, -0.1) is 12.4 Å². The van der Waals surface area contributed by atoms with Gasteiger partial charge in [0, 0.05) is 12.6 Å². The molecule has 2 rings (SSSR count). The molecule has 112 valence electrons. The fourth-order valence-electron chi connectivity index (χ4n) is 2.74. The second-order valence-electron chi connectivity index (χ2n) is 5.63. The maximum absolute atomic E-state index is 12.2. The molecule has 2 aliphatic rings. The SMILES string of the molecule is CCC(OC1CCCC1)C(=O)NC(CN)C1CC1.Cl. The Hall–Kier alpha value is -0.320. The average molecular weight is 291 g/mol. The van der Waals surface area contributed by atoms with Gasteiger partial charge in [-0.2, -0.15) is 0 Å². The Balaban J connectivity index is 0.00000180. The molecule has 0 heterocycles. The van der Waals surface area contributed by atoms with E-state index in [0.29, 0.717) is 12.5 Å². The molecule has 3 N–H and O–H groups in total. The summed E-state index contributed by atoms with van der Waals surface area (Å²) in [6.45, 7) is 2.55. The molecule has 5 heteroatoms. The minimum Gasteiger partial charge on any atom is -0.365 e. The zero-order valence-corrected chi connectivity index (χ0v) is 12.6. The van der Waals surface area contributed by atoms with Crippen molar-refractivity contribution in [3.05, 3.63) is 0 Å². The van der Waals surface area contributed by atoms with Gasteiger partial charge < -0.3 is 15.8 Å². The number of hydrogen-bond acceptors (Lipinski definition) is 3. The number of hydrogen-bond donors (Lipinski definition) is 2. The van der Waals surface area contributed by atoms with Crippen LogP contribution in [0.2, 0.25) is 0 Å². The topological polar surface area (TPSA) is 64.3 Å². The fraction of sp³-hybridized carbons (Fsp3) is 0.929. The molecule has 0 aromatic carbocycles. The molecule has 0 bridgehead atoms. The van der Waals surface area contributed by atoms with Crippen LogP contribution in [0.15, 0.2) is 0 Å². The molecule has 19 heavy (non-hydrogen) atoms. The van der Waals surface area contributed by atoms with E-state index in [4.69, 9.17) is 10.5 Å². The van der Waals surface area contributed by atoms with E-state index in [9.17, 15) is 4.79 Å². The lowest BCUT2D eigenvalue weighted by atomic mass is 10.1. The van der Waals surface area contributed by atoms with Crippen molar-refractivity contribution in [1.29, 1.82) is 0 Å². The number of halogens is 1. The van der Waals surface area contributed by atoms with E-state index in [2.05, 4.69) is 5.32 Å². The highest BCUT2D eigenvalue weighted by atomic mass is 35.5. The molecule has 2 fully saturated rings. The van der Waals surface area contributed by atoms with E-state index < -0.39 is 0 Å². The van der Waals surface area contributed by atoms with Crippen LogP contribution in [0, 0.1) is 5.92 Å². The molecule has 0 saturated heterocycles. The third-order valence-corrected chi connectivity index (χ3v) is 4.09. The minimum atomic E-state index is -0.291. The highest BCUT2D eigenvalue weighted by Gasteiger charge is 2.33. The monoisotopic (exact) mass is 290 g/mol. The summed E-state index contributed by atoms with van der Waals surface area (Å²) in [6.07, 6.45) is 7.81. The van der Waals surface area contributed by atoms with Crippen molar-refractivity contribution in [2.45, 2.75) is 70.1 Å². The summed E-state index contributed by atoms with van der Waals surface area (Å²) in [4.78, 5) is 12.2. The molecule has 2 atom stereocenters. The number of nitrogens with one attached hydrogen (secondary N) is 1. The Kier molecular flexibility index (Phi) is 7.11. The number of rotatable bonds is 7. The summed E-state index contributed by atoms with van der Waals surface area (Å²) in [5, 5.41) is 3.06. The van der Waals surface area contributed by atoms with Gasteiger partial charge in [-0.1, -0.05) is 19.8 Å². The lowest BCUT2D eigenvalue weighted by Crippen LogP contribution is -2.47. The predicted molar refractivity (Wildman–Crippen MR) is 78.4 cm³/mol. The fourth-order valence-corrected chi connectivity index (χ4v) is 2.74. The van der Waals surface area contributed by atoms with E-state index >= 15 is 0 Å². The summed E-state index contributed by atoms with van der Waals surface area (Å²) < 4.78 is 5.92. The Labute approximate surface area is 122 Å². The van der Waals surface area contributed by atoms with Crippen molar-refractivity contribution < 1.29 is 9.53 Å². The lowest BCUT2D eigenvalue weighted by molar-refractivity contribution is -0.137. The lowest BCUT2D eigenvalue weighted by Gasteiger charge is -2.23. The molecular weight excluding hydrogens is 264 g/mol. The summed E-state index contributed by atoms with van der Waals surface area (Å²) in [5.74, 6) is 0.634. The van der Waals surface area contributed by atoms with Crippen LogP contribution in [0.25, 0.3) is 0 Å². The normalized spacial score (nSPS) is 22.6. The van der Waals surface area contributed by atoms with Crippen molar-refractivity contribution in [3.8, 4) is 0 Å². The van der Waals surface area contributed by atoms with Crippen LogP contribution < -0.4 is 11.1 Å². The Morgan fingerprint density at radius 2 is 1.95 bits per heavy atom. The Morgan fingerprint density at radius 1 is 1.32 bits per heavy atom. The molecule has 2 unspecified atom stereocenters. The van der Waals surface area contributed by atoms with Gasteiger partial charge in [0.05, 0.1) is 6.10 Å². The first-order valence-corrected chi connectivity index (χ1v) is 7.40. The third-order valence-electron chi connectivity index (χ3n) is 4.09. The minimum absolute atomic E-state index is 0. The van der Waals surface area contributed by atoms with Gasteiger partial charge in [0.15, 0.2) is 0 Å². The van der Waals surface area contributed by atoms with Gasteiger partial charge >= 0.3 is 0 Å².